The van der Waals surface area contributed by atoms with E-state index in [0.29, 0.717) is 6.42 Å². The Morgan fingerprint density at radius 1 is 0.675 bits per heavy atom. The molecule has 0 aliphatic rings. The van der Waals surface area contributed by atoms with Crippen molar-refractivity contribution in [1.82, 2.24) is 0 Å². The van der Waals surface area contributed by atoms with Crippen LogP contribution in [0.5, 0.6) is 0 Å². The Morgan fingerprint density at radius 2 is 1.10 bits per heavy atom. The highest BCUT2D eigenvalue weighted by atomic mass is 16.6. The van der Waals surface area contributed by atoms with Crippen molar-refractivity contribution in [2.45, 2.75) is 145 Å². The summed E-state index contributed by atoms with van der Waals surface area (Å²) in [7, 11) is 0. The van der Waals surface area contributed by atoms with E-state index in [4.69, 9.17) is 18.9 Å². The Labute approximate surface area is 240 Å². The lowest BCUT2D eigenvalue weighted by Gasteiger charge is -2.35. The van der Waals surface area contributed by atoms with Gasteiger partial charge in [-0.3, -0.25) is 9.59 Å². The molecule has 40 heavy (non-hydrogen) atoms. The smallest absolute Gasteiger partial charge is 0.352 e. The molecule has 0 aromatic carbocycles. The largest absolute Gasteiger partial charge is 0.478 e. The van der Waals surface area contributed by atoms with Gasteiger partial charge in [-0.05, 0) is 94.4 Å². The number of esters is 3. The summed E-state index contributed by atoms with van der Waals surface area (Å²) in [5, 5.41) is 20.2. The van der Waals surface area contributed by atoms with E-state index in [1.807, 2.05) is 41.5 Å². The molecule has 0 fully saturated rings. The molecule has 10 heteroatoms. The first-order chi connectivity index (χ1) is 17.5. The molecule has 0 aromatic heterocycles. The van der Waals surface area contributed by atoms with Crippen LogP contribution in [0.15, 0.2) is 0 Å². The minimum atomic E-state index is -2.18. The van der Waals surface area contributed by atoms with E-state index in [9.17, 15) is 29.4 Å². The first-order valence-electron chi connectivity index (χ1n) is 13.7. The lowest BCUT2D eigenvalue weighted by Crippen LogP contribution is -2.51. The van der Waals surface area contributed by atoms with Gasteiger partial charge in [0.2, 0.25) is 12.2 Å². The number of carbonyl (C=O) groups excluding carboxylic acids is 3. The van der Waals surface area contributed by atoms with Crippen LogP contribution in [0.4, 0.5) is 0 Å². The third-order valence-electron chi connectivity index (χ3n) is 5.79. The van der Waals surface area contributed by atoms with Crippen LogP contribution < -0.4 is 0 Å². The molecule has 0 amide bonds. The zero-order valence-corrected chi connectivity index (χ0v) is 27.1. The average Bonchev–Trinajstić information content (AvgIpc) is 2.64. The third-order valence-corrected chi connectivity index (χ3v) is 5.79. The van der Waals surface area contributed by atoms with Crippen LogP contribution in [0.1, 0.15) is 116 Å². The summed E-state index contributed by atoms with van der Waals surface area (Å²) in [6, 6.07) is 0. The predicted octanol–water partition coefficient (Wildman–Crippen LogP) is 5.07. The summed E-state index contributed by atoms with van der Waals surface area (Å²) in [4.78, 5) is 52.1. The van der Waals surface area contributed by atoms with E-state index in [1.165, 1.54) is 27.7 Å². The first-order valence-corrected chi connectivity index (χ1v) is 13.7. The molecular weight excluding hydrogens is 520 g/mol. The van der Waals surface area contributed by atoms with Crippen LogP contribution in [0.3, 0.4) is 0 Å². The first kappa shape index (κ1) is 37.8. The number of rotatable bonds is 14. The minimum absolute atomic E-state index is 0.0561. The molecule has 0 aliphatic carbocycles. The summed E-state index contributed by atoms with van der Waals surface area (Å²) in [6.07, 6.45) is -3.68. The van der Waals surface area contributed by atoms with Crippen molar-refractivity contribution in [1.29, 1.82) is 0 Å². The van der Waals surface area contributed by atoms with E-state index in [2.05, 4.69) is 0 Å². The van der Waals surface area contributed by atoms with Crippen LogP contribution in [-0.4, -0.2) is 69.7 Å². The number of carboxylic acids is 1. The summed E-state index contributed by atoms with van der Waals surface area (Å²) in [5.74, 6) is -4.68. The number of aliphatic carboxylic acids is 1. The second kappa shape index (κ2) is 13.2. The summed E-state index contributed by atoms with van der Waals surface area (Å²) in [6.45, 7) is 24.2. The minimum Gasteiger partial charge on any atom is -0.478 e. The van der Waals surface area contributed by atoms with E-state index < -0.39 is 63.7 Å². The molecule has 0 bridgehead atoms. The topological polar surface area (TPSA) is 146 Å². The summed E-state index contributed by atoms with van der Waals surface area (Å²) >= 11 is 0. The predicted molar refractivity (Wildman–Crippen MR) is 150 cm³/mol. The zero-order valence-electron chi connectivity index (χ0n) is 27.1. The van der Waals surface area contributed by atoms with E-state index in [1.54, 1.807) is 27.7 Å². The molecule has 0 spiro atoms. The van der Waals surface area contributed by atoms with Gasteiger partial charge in [0.05, 0.1) is 28.6 Å². The van der Waals surface area contributed by atoms with Crippen molar-refractivity contribution in [3.05, 3.63) is 0 Å². The number of carboxylic acid groups (broad SMARTS) is 1. The lowest BCUT2D eigenvalue weighted by atomic mass is 9.76. The molecule has 10 nitrogen and oxygen atoms in total. The molecule has 0 radical (unpaired) electrons. The van der Waals surface area contributed by atoms with Gasteiger partial charge in [0.1, 0.15) is 5.60 Å². The maximum atomic E-state index is 13.4. The van der Waals surface area contributed by atoms with Gasteiger partial charge in [0.25, 0.3) is 0 Å². The van der Waals surface area contributed by atoms with Gasteiger partial charge in [-0.15, -0.1) is 0 Å². The number of ether oxygens (including phenoxy) is 4. The van der Waals surface area contributed by atoms with Gasteiger partial charge >= 0.3 is 23.9 Å². The van der Waals surface area contributed by atoms with Gasteiger partial charge in [0, 0.05) is 6.42 Å². The maximum Gasteiger partial charge on any atom is 0.352 e. The molecule has 2 N–H and O–H groups in total. The van der Waals surface area contributed by atoms with Gasteiger partial charge < -0.3 is 29.2 Å². The Hall–Kier alpha value is -2.20. The van der Waals surface area contributed by atoms with Crippen molar-refractivity contribution in [3.8, 4) is 0 Å². The number of aliphatic hydroxyl groups is 1. The molecule has 2 atom stereocenters. The van der Waals surface area contributed by atoms with Crippen molar-refractivity contribution >= 4 is 23.9 Å². The summed E-state index contributed by atoms with van der Waals surface area (Å²) < 4.78 is 22.2. The fourth-order valence-electron chi connectivity index (χ4n) is 4.56. The zero-order chi connectivity index (χ0) is 32.1. The van der Waals surface area contributed by atoms with Crippen LogP contribution in [-0.2, 0) is 38.1 Å². The second-order valence-corrected chi connectivity index (χ2v) is 15.4. The lowest BCUT2D eigenvalue weighted by molar-refractivity contribution is -0.202. The number of carbonyl (C=O) groups is 4. The Morgan fingerprint density at radius 3 is 1.48 bits per heavy atom. The van der Waals surface area contributed by atoms with Crippen LogP contribution in [0.2, 0.25) is 0 Å². The quantitative estimate of drug-likeness (QED) is 0.213. The SMILES string of the molecule is CC(C)(C)CC(C)(C)C(=O)OC(C(=O)OC(C)(C)CCOC(C)(C)C)C(OC(=O)C(C)(C)CC(C)(C)O)C(=O)O. The van der Waals surface area contributed by atoms with E-state index >= 15 is 0 Å². The highest BCUT2D eigenvalue weighted by Gasteiger charge is 2.48. The fourth-order valence-corrected chi connectivity index (χ4v) is 4.56. The maximum absolute atomic E-state index is 13.4. The monoisotopic (exact) mass is 574 g/mol. The van der Waals surface area contributed by atoms with E-state index in [0.717, 1.165) is 0 Å². The summed E-state index contributed by atoms with van der Waals surface area (Å²) in [5.41, 5.74) is -5.51. The van der Waals surface area contributed by atoms with Crippen molar-refractivity contribution < 1.29 is 48.3 Å². The number of hydrogen-bond donors (Lipinski definition) is 2. The standard InChI is InChI=1S/C30H54O10/c1-25(2,3)17-27(7,8)23(34)39-20(22(33)40-30(13,14)15-16-37-26(4,5)6)19(21(31)32)38-24(35)28(9,10)18-29(11,12)36/h19-20,36H,15-18H2,1-14H3,(H,31,32). The molecule has 0 aromatic rings. The fraction of sp³-hybridized carbons (Fsp3) is 0.867. The highest BCUT2D eigenvalue weighted by molar-refractivity contribution is 5.90. The van der Waals surface area contributed by atoms with Gasteiger partial charge in [-0.2, -0.15) is 0 Å². The Bertz CT molecular complexity index is 895. The van der Waals surface area contributed by atoms with Crippen molar-refractivity contribution in [2.24, 2.45) is 16.2 Å². The van der Waals surface area contributed by atoms with Crippen molar-refractivity contribution in [3.63, 3.8) is 0 Å². The molecule has 2 unspecified atom stereocenters. The molecule has 0 aliphatic heterocycles. The molecule has 234 valence electrons. The molecule has 0 rings (SSSR count). The molecular formula is C30H54O10. The third kappa shape index (κ3) is 14.4. The van der Waals surface area contributed by atoms with Crippen LogP contribution in [0.25, 0.3) is 0 Å². The van der Waals surface area contributed by atoms with Crippen molar-refractivity contribution in [2.75, 3.05) is 6.61 Å². The van der Waals surface area contributed by atoms with Crippen LogP contribution in [0, 0.1) is 16.2 Å². The average molecular weight is 575 g/mol. The number of hydrogen-bond acceptors (Lipinski definition) is 9. The van der Waals surface area contributed by atoms with Crippen LogP contribution >= 0.6 is 0 Å². The molecule has 0 heterocycles. The van der Waals surface area contributed by atoms with Gasteiger partial charge in [0.15, 0.2) is 0 Å². The van der Waals surface area contributed by atoms with E-state index in [-0.39, 0.29) is 24.9 Å². The molecule has 0 saturated heterocycles. The Balaban J connectivity index is 6.29. The normalized spacial score (nSPS) is 15.2. The second-order valence-electron chi connectivity index (χ2n) is 15.4. The van der Waals surface area contributed by atoms with Gasteiger partial charge in [-0.1, -0.05) is 20.8 Å². The Kier molecular flexibility index (Phi) is 12.5. The highest BCUT2D eigenvalue weighted by Crippen LogP contribution is 2.35. The molecule has 0 saturated carbocycles. The van der Waals surface area contributed by atoms with Gasteiger partial charge in [-0.25, -0.2) is 9.59 Å².